The van der Waals surface area contributed by atoms with Crippen LogP contribution in [0.2, 0.25) is 0 Å². The van der Waals surface area contributed by atoms with Gasteiger partial charge in [-0.2, -0.15) is 0 Å². The fourth-order valence-electron chi connectivity index (χ4n) is 4.02. The number of rotatable bonds is 7. The molecule has 3 aromatic rings. The minimum atomic E-state index is -1.23. The molecule has 4 rings (SSSR count). The van der Waals surface area contributed by atoms with Gasteiger partial charge in [-0.3, -0.25) is 0 Å². The van der Waals surface area contributed by atoms with Crippen LogP contribution >= 0.6 is 0 Å². The van der Waals surface area contributed by atoms with Gasteiger partial charge in [0.15, 0.2) is 6.04 Å². The van der Waals surface area contributed by atoms with Gasteiger partial charge in [0, 0.05) is 12.5 Å². The van der Waals surface area contributed by atoms with Gasteiger partial charge in [0.05, 0.1) is 18.2 Å². The van der Waals surface area contributed by atoms with E-state index >= 15 is 0 Å². The van der Waals surface area contributed by atoms with Gasteiger partial charge in [-0.25, -0.2) is 14.6 Å². The first-order valence-electron chi connectivity index (χ1n) is 9.94. The Morgan fingerprint density at radius 3 is 2.37 bits per heavy atom. The average Bonchev–Trinajstić information content (AvgIpc) is 3.33. The molecule has 1 amide bonds. The van der Waals surface area contributed by atoms with Crippen molar-refractivity contribution in [2.45, 2.75) is 31.8 Å². The number of imidazole rings is 1. The Hall–Kier alpha value is -3.61. The van der Waals surface area contributed by atoms with E-state index in [1.165, 1.54) is 6.20 Å². The third kappa shape index (κ3) is 3.66. The van der Waals surface area contributed by atoms with Gasteiger partial charge in [-0.1, -0.05) is 55.5 Å². The first kappa shape index (κ1) is 19.7. The van der Waals surface area contributed by atoms with Crippen LogP contribution < -0.4 is 5.32 Å². The second-order valence-electron chi connectivity index (χ2n) is 7.25. The number of ether oxygens (including phenoxy) is 1. The zero-order valence-corrected chi connectivity index (χ0v) is 16.6. The number of carboxylic acids is 1. The fraction of sp³-hybridized carbons (Fsp3) is 0.261. The third-order valence-corrected chi connectivity index (χ3v) is 5.36. The van der Waals surface area contributed by atoms with Gasteiger partial charge in [-0.15, -0.1) is 0 Å². The number of alkyl carbamates (subject to hydrolysis) is 1. The molecular formula is C23H23N3O4. The average molecular weight is 405 g/mol. The Balaban J connectivity index is 1.48. The Labute approximate surface area is 174 Å². The van der Waals surface area contributed by atoms with Crippen LogP contribution in [0, 0.1) is 0 Å². The van der Waals surface area contributed by atoms with Crippen molar-refractivity contribution in [1.29, 1.82) is 0 Å². The highest BCUT2D eigenvalue weighted by Gasteiger charge is 2.30. The van der Waals surface area contributed by atoms with E-state index in [0.29, 0.717) is 12.2 Å². The van der Waals surface area contributed by atoms with Crippen molar-refractivity contribution in [3.63, 3.8) is 0 Å². The summed E-state index contributed by atoms with van der Waals surface area (Å²) >= 11 is 0. The molecular weight excluding hydrogens is 382 g/mol. The van der Waals surface area contributed by atoms with Crippen LogP contribution in [0.3, 0.4) is 0 Å². The van der Waals surface area contributed by atoms with Gasteiger partial charge in [0.1, 0.15) is 6.61 Å². The second kappa shape index (κ2) is 8.41. The zero-order chi connectivity index (χ0) is 21.1. The highest BCUT2D eigenvalue weighted by Crippen LogP contribution is 2.44. The molecule has 0 aliphatic heterocycles. The SMILES string of the molecule is CCCn1cncc1C(NC(=O)OCC1c2ccccc2-c2ccccc21)C(=O)O. The Morgan fingerprint density at radius 1 is 1.13 bits per heavy atom. The van der Waals surface area contributed by atoms with Crippen LogP contribution in [-0.2, 0) is 16.1 Å². The first-order chi connectivity index (χ1) is 14.6. The normalized spacial score (nSPS) is 13.4. The number of hydrogen-bond acceptors (Lipinski definition) is 4. The lowest BCUT2D eigenvalue weighted by Gasteiger charge is -2.18. The van der Waals surface area contributed by atoms with E-state index in [-0.39, 0.29) is 12.5 Å². The van der Waals surface area contributed by atoms with Crippen molar-refractivity contribution in [3.8, 4) is 11.1 Å². The number of aryl methyl sites for hydroxylation is 1. The predicted molar refractivity (Wildman–Crippen MR) is 111 cm³/mol. The molecule has 7 nitrogen and oxygen atoms in total. The molecule has 0 saturated carbocycles. The zero-order valence-electron chi connectivity index (χ0n) is 16.6. The number of benzene rings is 2. The summed E-state index contributed by atoms with van der Waals surface area (Å²) < 4.78 is 7.20. The number of nitrogens with one attached hydrogen (secondary N) is 1. The molecule has 0 spiro atoms. The van der Waals surface area contributed by atoms with Gasteiger partial charge < -0.3 is 19.7 Å². The number of aliphatic carboxylic acids is 1. The first-order valence-corrected chi connectivity index (χ1v) is 9.94. The fourth-order valence-corrected chi connectivity index (χ4v) is 4.02. The molecule has 1 aliphatic carbocycles. The molecule has 154 valence electrons. The standard InChI is InChI=1S/C23H23N3O4/c1-2-11-26-14-24-12-20(26)21(22(27)28)25-23(29)30-13-19-17-9-5-3-7-15(17)16-8-4-6-10-18(16)19/h3-10,12,14,19,21H,2,11,13H2,1H3,(H,25,29)(H,27,28). The Bertz CT molecular complexity index is 1030. The summed E-state index contributed by atoms with van der Waals surface area (Å²) in [5.41, 5.74) is 4.88. The number of amides is 1. The van der Waals surface area contributed by atoms with Crippen molar-refractivity contribution in [2.75, 3.05) is 6.61 Å². The molecule has 0 bridgehead atoms. The second-order valence-corrected chi connectivity index (χ2v) is 7.25. The lowest BCUT2D eigenvalue weighted by atomic mass is 9.98. The van der Waals surface area contributed by atoms with E-state index in [0.717, 1.165) is 28.7 Å². The largest absolute Gasteiger partial charge is 0.479 e. The molecule has 1 unspecified atom stereocenters. The maximum atomic E-state index is 12.5. The molecule has 1 atom stereocenters. The van der Waals surface area contributed by atoms with Gasteiger partial charge in [0.25, 0.3) is 0 Å². The molecule has 0 saturated heterocycles. The Morgan fingerprint density at radius 2 is 1.77 bits per heavy atom. The van der Waals surface area contributed by atoms with E-state index < -0.39 is 18.1 Å². The minimum Gasteiger partial charge on any atom is -0.479 e. The highest BCUT2D eigenvalue weighted by molar-refractivity contribution is 5.81. The monoisotopic (exact) mass is 405 g/mol. The van der Waals surface area contributed by atoms with E-state index in [9.17, 15) is 14.7 Å². The number of nitrogens with zero attached hydrogens (tertiary/aromatic N) is 2. The van der Waals surface area contributed by atoms with Crippen molar-refractivity contribution in [2.24, 2.45) is 0 Å². The van der Waals surface area contributed by atoms with Gasteiger partial charge >= 0.3 is 12.1 Å². The lowest BCUT2D eigenvalue weighted by Crippen LogP contribution is -2.36. The molecule has 1 heterocycles. The number of fused-ring (bicyclic) bond motifs is 3. The van der Waals surface area contributed by atoms with Crippen molar-refractivity contribution < 1.29 is 19.4 Å². The van der Waals surface area contributed by atoms with Crippen LogP contribution in [0.5, 0.6) is 0 Å². The quantitative estimate of drug-likeness (QED) is 0.621. The van der Waals surface area contributed by atoms with E-state index in [1.54, 1.807) is 10.9 Å². The van der Waals surface area contributed by atoms with Gasteiger partial charge in [0.2, 0.25) is 0 Å². The number of aromatic nitrogens is 2. The highest BCUT2D eigenvalue weighted by atomic mass is 16.5. The molecule has 2 N–H and O–H groups in total. The molecule has 2 aromatic carbocycles. The van der Waals surface area contributed by atoms with Crippen LogP contribution in [0.15, 0.2) is 61.1 Å². The van der Waals surface area contributed by atoms with E-state index in [2.05, 4.69) is 22.4 Å². The maximum Gasteiger partial charge on any atom is 0.408 e. The molecule has 7 heteroatoms. The number of carbonyl (C=O) groups excluding carboxylic acids is 1. The maximum absolute atomic E-state index is 12.5. The van der Waals surface area contributed by atoms with E-state index in [4.69, 9.17) is 4.74 Å². The lowest BCUT2D eigenvalue weighted by molar-refractivity contribution is -0.139. The molecule has 0 radical (unpaired) electrons. The topological polar surface area (TPSA) is 93.5 Å². The van der Waals surface area contributed by atoms with Crippen LogP contribution in [0.4, 0.5) is 4.79 Å². The third-order valence-electron chi connectivity index (χ3n) is 5.36. The molecule has 1 aliphatic rings. The summed E-state index contributed by atoms with van der Waals surface area (Å²) in [6.45, 7) is 2.73. The van der Waals surface area contributed by atoms with Crippen molar-refractivity contribution in [3.05, 3.63) is 77.9 Å². The summed E-state index contributed by atoms with van der Waals surface area (Å²) in [6, 6.07) is 14.9. The Kier molecular flexibility index (Phi) is 5.52. The predicted octanol–water partition coefficient (Wildman–Crippen LogP) is 3.96. The molecule has 30 heavy (non-hydrogen) atoms. The number of carboxylic acid groups (broad SMARTS) is 1. The van der Waals surface area contributed by atoms with Crippen LogP contribution in [-0.4, -0.2) is 33.3 Å². The minimum absolute atomic E-state index is 0.0861. The smallest absolute Gasteiger partial charge is 0.408 e. The summed E-state index contributed by atoms with van der Waals surface area (Å²) in [7, 11) is 0. The summed E-state index contributed by atoms with van der Waals surface area (Å²) in [4.78, 5) is 28.3. The molecule has 1 aromatic heterocycles. The van der Waals surface area contributed by atoms with Crippen molar-refractivity contribution >= 4 is 12.1 Å². The molecule has 0 fully saturated rings. The summed E-state index contributed by atoms with van der Waals surface area (Å²) in [6.07, 6.45) is 3.07. The van der Waals surface area contributed by atoms with Crippen LogP contribution in [0.1, 0.15) is 42.1 Å². The van der Waals surface area contributed by atoms with E-state index in [1.807, 2.05) is 43.3 Å². The number of hydrogen-bond donors (Lipinski definition) is 2. The van der Waals surface area contributed by atoms with Crippen molar-refractivity contribution in [1.82, 2.24) is 14.9 Å². The number of carbonyl (C=O) groups is 2. The van der Waals surface area contributed by atoms with Crippen LogP contribution in [0.25, 0.3) is 11.1 Å². The summed E-state index contributed by atoms with van der Waals surface area (Å²) in [5, 5.41) is 12.1. The summed E-state index contributed by atoms with van der Waals surface area (Å²) in [5.74, 6) is -1.25. The van der Waals surface area contributed by atoms with Gasteiger partial charge in [-0.05, 0) is 28.7 Å².